The van der Waals surface area contributed by atoms with Crippen LogP contribution in [0.15, 0.2) is 65.6 Å². The van der Waals surface area contributed by atoms with E-state index in [0.29, 0.717) is 17.5 Å². The lowest BCUT2D eigenvalue weighted by atomic mass is 9.73. The summed E-state index contributed by atoms with van der Waals surface area (Å²) in [5.41, 5.74) is 1.56. The predicted molar refractivity (Wildman–Crippen MR) is 160 cm³/mol. The van der Waals surface area contributed by atoms with Gasteiger partial charge in [0.2, 0.25) is 17.7 Å². The lowest BCUT2D eigenvalue weighted by molar-refractivity contribution is -0.142. The van der Waals surface area contributed by atoms with Crippen molar-refractivity contribution in [2.45, 2.75) is 75.3 Å². The quantitative estimate of drug-likeness (QED) is 0.362. The Morgan fingerprint density at radius 2 is 1.88 bits per heavy atom. The number of benzene rings is 2. The van der Waals surface area contributed by atoms with E-state index in [-0.39, 0.29) is 30.3 Å². The van der Waals surface area contributed by atoms with Crippen LogP contribution < -0.4 is 10.6 Å². The molecule has 2 N–H and O–H groups in total. The van der Waals surface area contributed by atoms with Gasteiger partial charge in [-0.3, -0.25) is 14.4 Å². The third kappa shape index (κ3) is 4.89. The fourth-order valence-corrected chi connectivity index (χ4v) is 7.76. The molecule has 7 nitrogen and oxygen atoms in total. The fraction of sp³-hybridized carbons (Fsp3) is 0.485. The zero-order valence-electron chi connectivity index (χ0n) is 24.1. The van der Waals surface area contributed by atoms with Gasteiger partial charge in [-0.15, -0.1) is 11.8 Å². The lowest BCUT2D eigenvalue weighted by Gasteiger charge is -2.38. The zero-order chi connectivity index (χ0) is 28.9. The molecule has 3 heterocycles. The number of amides is 3. The monoisotopic (exact) mass is 573 g/mol. The van der Waals surface area contributed by atoms with Crippen molar-refractivity contribution >= 4 is 35.2 Å². The molecule has 1 saturated carbocycles. The fourth-order valence-electron chi connectivity index (χ4n) is 7.30. The minimum atomic E-state index is -1.18. The van der Waals surface area contributed by atoms with E-state index in [1.165, 1.54) is 0 Å². The Labute approximate surface area is 246 Å². The van der Waals surface area contributed by atoms with Crippen molar-refractivity contribution < 1.29 is 19.1 Å². The molecule has 3 amide bonds. The molecule has 1 aliphatic carbocycles. The van der Waals surface area contributed by atoms with E-state index in [4.69, 9.17) is 4.74 Å². The average Bonchev–Trinajstić information content (AvgIpc) is 3.60. The summed E-state index contributed by atoms with van der Waals surface area (Å²) in [6, 6.07) is 14.8. The number of thioether (sulfide) groups is 1. The number of fused-ring (bicyclic) bond motifs is 1. The first-order valence-corrected chi connectivity index (χ1v) is 15.9. The molecule has 3 aliphatic heterocycles. The first-order chi connectivity index (χ1) is 19.7. The van der Waals surface area contributed by atoms with Gasteiger partial charge in [0.15, 0.2) is 0 Å². The molecule has 6 rings (SSSR count). The number of likely N-dealkylation sites (tertiary alicyclic amines) is 1. The number of carbonyl (C=O) groups excluding carboxylic acids is 3. The SMILES string of the molecule is CSc1cccc(NC(=O)[C@@H]2[C@@H]3C=C[C@]4(O3)[C@@H]2C(=O)N(Cc2ccc(C)cc2)[C@H]4C(=O)N[C@@H]2CCC[C@@H](C)[C@@H]2C)c1. The molecule has 8 atom stereocenters. The largest absolute Gasteiger partial charge is 0.359 e. The van der Waals surface area contributed by atoms with Gasteiger partial charge in [-0.2, -0.15) is 0 Å². The number of ether oxygens (including phenoxy) is 1. The second-order valence-electron chi connectivity index (χ2n) is 12.3. The molecule has 4 aliphatic rings. The van der Waals surface area contributed by atoms with Gasteiger partial charge in [0, 0.05) is 23.2 Å². The van der Waals surface area contributed by atoms with Crippen LogP contribution in [0, 0.1) is 30.6 Å². The maximum Gasteiger partial charge on any atom is 0.246 e. The number of carbonyl (C=O) groups is 3. The Balaban J connectivity index is 1.32. The number of rotatable bonds is 7. The molecule has 0 aromatic heterocycles. The van der Waals surface area contributed by atoms with E-state index in [9.17, 15) is 14.4 Å². The Kier molecular flexibility index (Phi) is 7.49. The van der Waals surface area contributed by atoms with Gasteiger partial charge < -0.3 is 20.3 Å². The van der Waals surface area contributed by atoms with Gasteiger partial charge in [-0.25, -0.2) is 0 Å². The summed E-state index contributed by atoms with van der Waals surface area (Å²) in [6.45, 7) is 6.73. The van der Waals surface area contributed by atoms with Crippen LogP contribution in [0.3, 0.4) is 0 Å². The standard InChI is InChI=1S/C33H39N3O4S/c1-19-11-13-22(14-12-19)18-36-29(31(38)35-25-10-5-7-20(2)21(25)3)33-16-15-26(40-33)27(28(33)32(36)39)30(37)34-23-8-6-9-24(17-23)41-4/h6,8-9,11-17,20-21,25-29H,5,7,10,18H2,1-4H3,(H,34,37)(H,35,38)/t20-,21+,25-,26+,27-,28+,29+,33+/m1/s1. The first kappa shape index (κ1) is 28.0. The van der Waals surface area contributed by atoms with E-state index in [1.54, 1.807) is 16.7 Å². The topological polar surface area (TPSA) is 87.7 Å². The molecule has 2 saturated heterocycles. The zero-order valence-corrected chi connectivity index (χ0v) is 24.9. The number of hydrogen-bond donors (Lipinski definition) is 2. The van der Waals surface area contributed by atoms with Crippen LogP contribution in [0.5, 0.6) is 0 Å². The van der Waals surface area contributed by atoms with Crippen LogP contribution in [0.4, 0.5) is 5.69 Å². The minimum Gasteiger partial charge on any atom is -0.359 e. The molecule has 3 fully saturated rings. The molecule has 2 aromatic carbocycles. The highest BCUT2D eigenvalue weighted by Gasteiger charge is 2.72. The molecule has 2 bridgehead atoms. The summed E-state index contributed by atoms with van der Waals surface area (Å²) in [6.07, 6.45) is 8.32. The second-order valence-corrected chi connectivity index (χ2v) is 13.1. The molecule has 8 heteroatoms. The van der Waals surface area contributed by atoms with E-state index in [2.05, 4.69) is 24.5 Å². The normalized spacial score (nSPS) is 33.6. The van der Waals surface area contributed by atoms with Gasteiger partial charge in [0.25, 0.3) is 0 Å². The van der Waals surface area contributed by atoms with Crippen molar-refractivity contribution in [3.63, 3.8) is 0 Å². The average molecular weight is 574 g/mol. The Morgan fingerprint density at radius 3 is 2.63 bits per heavy atom. The lowest BCUT2D eigenvalue weighted by Crippen LogP contribution is -2.57. The van der Waals surface area contributed by atoms with Gasteiger partial charge >= 0.3 is 0 Å². The van der Waals surface area contributed by atoms with Crippen LogP contribution in [0.2, 0.25) is 0 Å². The van der Waals surface area contributed by atoms with Crippen molar-refractivity contribution in [3.05, 3.63) is 71.8 Å². The Bertz CT molecular complexity index is 1380. The summed E-state index contributed by atoms with van der Waals surface area (Å²) in [7, 11) is 0. The highest BCUT2D eigenvalue weighted by atomic mass is 32.2. The molecule has 0 unspecified atom stereocenters. The maximum absolute atomic E-state index is 14.3. The third-order valence-electron chi connectivity index (χ3n) is 9.77. The van der Waals surface area contributed by atoms with Crippen molar-refractivity contribution in [3.8, 4) is 0 Å². The summed E-state index contributed by atoms with van der Waals surface area (Å²) in [5.74, 6) is -1.30. The van der Waals surface area contributed by atoms with Gasteiger partial charge in [-0.1, -0.05) is 74.7 Å². The maximum atomic E-state index is 14.3. The summed E-state index contributed by atoms with van der Waals surface area (Å²) in [5, 5.41) is 6.35. The van der Waals surface area contributed by atoms with Crippen LogP contribution >= 0.6 is 11.8 Å². The van der Waals surface area contributed by atoms with E-state index in [1.807, 2.05) is 73.9 Å². The molecular weight excluding hydrogens is 534 g/mol. The van der Waals surface area contributed by atoms with Crippen molar-refractivity contribution in [2.24, 2.45) is 23.7 Å². The molecule has 41 heavy (non-hydrogen) atoms. The Hall–Kier alpha value is -3.10. The second kappa shape index (κ2) is 11.0. The van der Waals surface area contributed by atoms with Crippen LogP contribution in [-0.4, -0.2) is 52.7 Å². The minimum absolute atomic E-state index is 0.0448. The van der Waals surface area contributed by atoms with Crippen molar-refractivity contribution in [1.82, 2.24) is 10.2 Å². The van der Waals surface area contributed by atoms with Gasteiger partial charge in [0.05, 0.1) is 17.9 Å². The van der Waals surface area contributed by atoms with Crippen LogP contribution in [0.1, 0.15) is 44.2 Å². The number of nitrogens with zero attached hydrogens (tertiary/aromatic N) is 1. The summed E-state index contributed by atoms with van der Waals surface area (Å²) in [4.78, 5) is 44.9. The third-order valence-corrected chi connectivity index (χ3v) is 10.5. The molecule has 1 spiro atoms. The van der Waals surface area contributed by atoms with Crippen molar-refractivity contribution in [2.75, 3.05) is 11.6 Å². The first-order valence-electron chi connectivity index (χ1n) is 14.7. The number of aryl methyl sites for hydroxylation is 1. The van der Waals surface area contributed by atoms with Crippen LogP contribution in [-0.2, 0) is 25.7 Å². The molecule has 2 aromatic rings. The van der Waals surface area contributed by atoms with E-state index >= 15 is 0 Å². The number of hydrogen-bond acceptors (Lipinski definition) is 5. The van der Waals surface area contributed by atoms with Crippen molar-refractivity contribution in [1.29, 1.82) is 0 Å². The highest BCUT2D eigenvalue weighted by Crippen LogP contribution is 2.55. The Morgan fingerprint density at radius 1 is 1.10 bits per heavy atom. The number of nitrogens with one attached hydrogen (secondary N) is 2. The van der Waals surface area contributed by atoms with E-state index in [0.717, 1.165) is 35.3 Å². The summed E-state index contributed by atoms with van der Waals surface area (Å²) >= 11 is 1.60. The molecule has 216 valence electrons. The summed E-state index contributed by atoms with van der Waals surface area (Å²) < 4.78 is 6.53. The van der Waals surface area contributed by atoms with Gasteiger partial charge in [-0.05, 0) is 55.2 Å². The molecular formula is C33H39N3O4S. The number of anilines is 1. The molecule has 0 radical (unpaired) electrons. The smallest absolute Gasteiger partial charge is 0.246 e. The van der Waals surface area contributed by atoms with Gasteiger partial charge in [0.1, 0.15) is 11.6 Å². The van der Waals surface area contributed by atoms with E-state index < -0.39 is 29.6 Å². The highest BCUT2D eigenvalue weighted by molar-refractivity contribution is 7.98. The van der Waals surface area contributed by atoms with Crippen LogP contribution in [0.25, 0.3) is 0 Å². The predicted octanol–water partition coefficient (Wildman–Crippen LogP) is 4.95.